The van der Waals surface area contributed by atoms with Crippen LogP contribution in [0.1, 0.15) is 29.3 Å². The molecule has 0 spiro atoms. The summed E-state index contributed by atoms with van der Waals surface area (Å²) in [5.74, 6) is -1.75. The third-order valence-corrected chi connectivity index (χ3v) is 1.89. The summed E-state index contributed by atoms with van der Waals surface area (Å²) in [5, 5.41) is -0.150. The van der Waals surface area contributed by atoms with E-state index in [0.717, 1.165) is 19.1 Å². The summed E-state index contributed by atoms with van der Waals surface area (Å²) >= 11 is 5.39. The number of hydrogen-bond donors (Lipinski definition) is 0. The topological polar surface area (TPSA) is 17.1 Å². The van der Waals surface area contributed by atoms with Crippen molar-refractivity contribution in [3.63, 3.8) is 0 Å². The number of ketones is 1. The van der Waals surface area contributed by atoms with Crippen molar-refractivity contribution in [2.45, 2.75) is 13.3 Å². The van der Waals surface area contributed by atoms with Gasteiger partial charge in [-0.2, -0.15) is 0 Å². The van der Waals surface area contributed by atoms with Gasteiger partial charge in [-0.3, -0.25) is 4.79 Å². The maximum Gasteiger partial charge on any atom is 0.264 e. The number of rotatable bonds is 2. The number of Topliss-reactive ketones (excluding diaryl/α,β-unsaturated/α-hetero) is 1. The molecule has 0 aliphatic carbocycles. The van der Waals surface area contributed by atoms with E-state index in [1.165, 1.54) is 0 Å². The molecule has 0 atom stereocenters. The van der Waals surface area contributed by atoms with Crippen LogP contribution in [0.15, 0.2) is 12.1 Å². The molecule has 0 N–H and O–H groups in total. The first-order valence-corrected chi connectivity index (χ1v) is 4.09. The number of carbonyl (C=O) groups excluding carboxylic acids is 1. The Kier molecular flexibility index (Phi) is 3.16. The van der Waals surface area contributed by atoms with Crippen molar-refractivity contribution in [1.82, 2.24) is 0 Å². The fourth-order valence-corrected chi connectivity index (χ4v) is 1.35. The van der Waals surface area contributed by atoms with Crippen molar-refractivity contribution in [2.75, 3.05) is 0 Å². The van der Waals surface area contributed by atoms with Gasteiger partial charge in [0, 0.05) is 10.6 Å². The molecule has 0 amide bonds. The average molecular weight is 223 g/mol. The zero-order valence-electron chi connectivity index (χ0n) is 7.15. The monoisotopic (exact) mass is 222 g/mol. The number of benzene rings is 1. The van der Waals surface area contributed by atoms with Crippen LogP contribution in [-0.2, 0) is 0 Å². The Labute approximate surface area is 83.5 Å². The second-order valence-corrected chi connectivity index (χ2v) is 3.15. The van der Waals surface area contributed by atoms with Crippen molar-refractivity contribution in [1.29, 1.82) is 0 Å². The largest absolute Gasteiger partial charge is 0.294 e. The van der Waals surface area contributed by atoms with Crippen LogP contribution < -0.4 is 0 Å². The van der Waals surface area contributed by atoms with Crippen molar-refractivity contribution in [2.24, 2.45) is 0 Å². The molecular weight excluding hydrogens is 217 g/mol. The first-order chi connectivity index (χ1) is 6.43. The van der Waals surface area contributed by atoms with E-state index in [9.17, 15) is 18.0 Å². The third kappa shape index (κ3) is 2.07. The van der Waals surface area contributed by atoms with Crippen LogP contribution in [0.25, 0.3) is 0 Å². The van der Waals surface area contributed by atoms with Crippen LogP contribution in [0.3, 0.4) is 0 Å². The molecule has 14 heavy (non-hydrogen) atoms. The van der Waals surface area contributed by atoms with Crippen LogP contribution in [0.5, 0.6) is 0 Å². The third-order valence-electron chi connectivity index (χ3n) is 1.67. The van der Waals surface area contributed by atoms with Gasteiger partial charge in [0.2, 0.25) is 0 Å². The highest BCUT2D eigenvalue weighted by atomic mass is 35.5. The van der Waals surface area contributed by atoms with E-state index in [4.69, 9.17) is 11.6 Å². The van der Waals surface area contributed by atoms with Crippen LogP contribution >= 0.6 is 11.6 Å². The SMILES string of the molecule is CC(=O)c1c(F)cc(Cl)cc1C(F)F. The quantitative estimate of drug-likeness (QED) is 0.699. The summed E-state index contributed by atoms with van der Waals surface area (Å²) < 4.78 is 37.8. The van der Waals surface area contributed by atoms with Gasteiger partial charge in [0.1, 0.15) is 5.82 Å². The van der Waals surface area contributed by atoms with Crippen LogP contribution in [0, 0.1) is 5.82 Å². The molecule has 5 heteroatoms. The van der Waals surface area contributed by atoms with Crippen molar-refractivity contribution < 1.29 is 18.0 Å². The summed E-state index contributed by atoms with van der Waals surface area (Å²) in [6, 6.07) is 1.73. The van der Waals surface area contributed by atoms with Crippen LogP contribution in [0.4, 0.5) is 13.2 Å². The molecule has 76 valence electrons. The van der Waals surface area contributed by atoms with Crippen LogP contribution in [-0.4, -0.2) is 5.78 Å². The molecule has 0 radical (unpaired) electrons. The highest BCUT2D eigenvalue weighted by molar-refractivity contribution is 6.30. The van der Waals surface area contributed by atoms with E-state index < -0.39 is 29.2 Å². The fraction of sp³-hybridized carbons (Fsp3) is 0.222. The Morgan fingerprint density at radius 3 is 2.43 bits per heavy atom. The van der Waals surface area contributed by atoms with Crippen molar-refractivity contribution >= 4 is 17.4 Å². The molecule has 0 unspecified atom stereocenters. The summed E-state index contributed by atoms with van der Waals surface area (Å²) in [4.78, 5) is 10.9. The molecule has 1 aromatic carbocycles. The van der Waals surface area contributed by atoms with Gasteiger partial charge >= 0.3 is 0 Å². The van der Waals surface area contributed by atoms with Gasteiger partial charge in [0.15, 0.2) is 5.78 Å². The van der Waals surface area contributed by atoms with Crippen LogP contribution in [0.2, 0.25) is 5.02 Å². The van der Waals surface area contributed by atoms with E-state index in [2.05, 4.69) is 0 Å². The number of hydrogen-bond acceptors (Lipinski definition) is 1. The lowest BCUT2D eigenvalue weighted by molar-refractivity contribution is 0.0994. The summed E-state index contributed by atoms with van der Waals surface area (Å²) in [6.45, 7) is 1.03. The van der Waals surface area contributed by atoms with E-state index in [0.29, 0.717) is 0 Å². The molecule has 1 nitrogen and oxygen atoms in total. The lowest BCUT2D eigenvalue weighted by Gasteiger charge is -2.07. The highest BCUT2D eigenvalue weighted by Crippen LogP contribution is 2.28. The Hall–Kier alpha value is -1.03. The molecule has 0 saturated carbocycles. The van der Waals surface area contributed by atoms with E-state index in [-0.39, 0.29) is 5.02 Å². The second kappa shape index (κ2) is 4.00. The van der Waals surface area contributed by atoms with Gasteiger partial charge in [0.25, 0.3) is 6.43 Å². The first kappa shape index (κ1) is 11.0. The maximum atomic E-state index is 13.1. The predicted octanol–water partition coefficient (Wildman–Crippen LogP) is 3.62. The Morgan fingerprint density at radius 1 is 1.43 bits per heavy atom. The minimum Gasteiger partial charge on any atom is -0.294 e. The summed E-state index contributed by atoms with van der Waals surface area (Å²) in [6.07, 6.45) is -2.91. The standard InChI is InChI=1S/C9H6ClF3O/c1-4(14)8-6(9(12)13)2-5(10)3-7(8)11/h2-3,9H,1H3. The molecule has 0 saturated heterocycles. The molecular formula is C9H6ClF3O. The highest BCUT2D eigenvalue weighted by Gasteiger charge is 2.20. The maximum absolute atomic E-state index is 13.1. The normalized spacial score (nSPS) is 10.7. The second-order valence-electron chi connectivity index (χ2n) is 2.71. The van der Waals surface area contributed by atoms with Crippen molar-refractivity contribution in [3.05, 3.63) is 34.1 Å². The number of halogens is 4. The number of alkyl halides is 2. The van der Waals surface area contributed by atoms with Gasteiger partial charge in [-0.1, -0.05) is 11.6 Å². The van der Waals surface area contributed by atoms with E-state index in [1.807, 2.05) is 0 Å². The number of carbonyl (C=O) groups is 1. The smallest absolute Gasteiger partial charge is 0.264 e. The van der Waals surface area contributed by atoms with E-state index >= 15 is 0 Å². The molecule has 0 aromatic heterocycles. The molecule has 0 fully saturated rings. The zero-order chi connectivity index (χ0) is 10.9. The summed E-state index contributed by atoms with van der Waals surface area (Å²) in [7, 11) is 0. The lowest BCUT2D eigenvalue weighted by atomic mass is 10.0. The fourth-order valence-electron chi connectivity index (χ4n) is 1.14. The Balaban J connectivity index is 3.44. The average Bonchev–Trinajstić information content (AvgIpc) is 2.01. The van der Waals surface area contributed by atoms with E-state index in [1.54, 1.807) is 0 Å². The lowest BCUT2D eigenvalue weighted by Crippen LogP contribution is -2.04. The van der Waals surface area contributed by atoms with Gasteiger partial charge in [-0.05, 0) is 19.1 Å². The predicted molar refractivity (Wildman–Crippen MR) is 46.4 cm³/mol. The molecule has 1 aromatic rings. The van der Waals surface area contributed by atoms with Gasteiger partial charge in [-0.15, -0.1) is 0 Å². The molecule has 0 heterocycles. The Bertz CT molecular complexity index is 377. The van der Waals surface area contributed by atoms with Crippen molar-refractivity contribution in [3.8, 4) is 0 Å². The molecule has 0 aliphatic rings. The minimum atomic E-state index is -2.91. The molecule has 0 bridgehead atoms. The zero-order valence-corrected chi connectivity index (χ0v) is 7.91. The van der Waals surface area contributed by atoms with Gasteiger partial charge in [-0.25, -0.2) is 13.2 Å². The Morgan fingerprint density at radius 2 is 2.00 bits per heavy atom. The van der Waals surface area contributed by atoms with Gasteiger partial charge < -0.3 is 0 Å². The molecule has 0 aliphatic heterocycles. The summed E-state index contributed by atoms with van der Waals surface area (Å²) in [5.41, 5.74) is -1.26. The van der Waals surface area contributed by atoms with Gasteiger partial charge in [0.05, 0.1) is 5.56 Å². The minimum absolute atomic E-state index is 0.150. The first-order valence-electron chi connectivity index (χ1n) is 3.71. The molecule has 1 rings (SSSR count).